The third-order valence-electron chi connectivity index (χ3n) is 4.08. The van der Waals surface area contributed by atoms with E-state index in [2.05, 4.69) is 15.6 Å². The minimum atomic E-state index is -0.634. The van der Waals surface area contributed by atoms with E-state index in [-0.39, 0.29) is 16.8 Å². The first-order chi connectivity index (χ1) is 13.5. The Bertz CT molecular complexity index is 1020. The van der Waals surface area contributed by atoms with Gasteiger partial charge in [0.1, 0.15) is 11.6 Å². The molecule has 0 fully saturated rings. The Kier molecular flexibility index (Phi) is 6.01. The average Bonchev–Trinajstić information content (AvgIpc) is 2.69. The van der Waals surface area contributed by atoms with Crippen LogP contribution in [-0.2, 0) is 6.42 Å². The van der Waals surface area contributed by atoms with E-state index < -0.39 is 17.6 Å². The molecule has 0 aliphatic carbocycles. The van der Waals surface area contributed by atoms with E-state index in [1.54, 1.807) is 42.5 Å². The second kappa shape index (κ2) is 8.63. The largest absolute Gasteiger partial charge is 0.321 e. The minimum Gasteiger partial charge on any atom is -0.321 e. The van der Waals surface area contributed by atoms with Gasteiger partial charge in [0.15, 0.2) is 0 Å². The summed E-state index contributed by atoms with van der Waals surface area (Å²) < 4.78 is 14.2. The van der Waals surface area contributed by atoms with Gasteiger partial charge in [0.25, 0.3) is 11.8 Å². The molecule has 7 heteroatoms. The topological polar surface area (TPSA) is 71.1 Å². The molecule has 0 unspecified atom stereocenters. The maximum atomic E-state index is 14.2. The summed E-state index contributed by atoms with van der Waals surface area (Å²) in [5.74, 6) is -1.39. The van der Waals surface area contributed by atoms with Crippen LogP contribution >= 0.6 is 11.6 Å². The highest BCUT2D eigenvalue weighted by Gasteiger charge is 2.17. The van der Waals surface area contributed by atoms with E-state index in [1.807, 2.05) is 6.92 Å². The zero-order valence-electron chi connectivity index (χ0n) is 15.0. The number of rotatable bonds is 5. The Morgan fingerprint density at radius 2 is 1.75 bits per heavy atom. The van der Waals surface area contributed by atoms with Gasteiger partial charge in [-0.1, -0.05) is 36.7 Å². The first-order valence-corrected chi connectivity index (χ1v) is 8.97. The maximum Gasteiger partial charge on any atom is 0.258 e. The molecule has 3 aromatic rings. The van der Waals surface area contributed by atoms with Crippen LogP contribution in [0.3, 0.4) is 0 Å². The van der Waals surface area contributed by atoms with Gasteiger partial charge < -0.3 is 10.6 Å². The quantitative estimate of drug-likeness (QED) is 0.640. The number of nitrogens with zero attached hydrogens (tertiary/aromatic N) is 1. The highest BCUT2D eigenvalue weighted by atomic mass is 35.5. The minimum absolute atomic E-state index is 0.0909. The molecule has 0 aliphatic rings. The smallest absolute Gasteiger partial charge is 0.258 e. The van der Waals surface area contributed by atoms with E-state index in [4.69, 9.17) is 11.6 Å². The number of aromatic nitrogens is 1. The number of anilines is 2. The molecule has 142 valence electrons. The monoisotopic (exact) mass is 397 g/mol. The fourth-order valence-electron chi connectivity index (χ4n) is 2.58. The van der Waals surface area contributed by atoms with Crippen molar-refractivity contribution in [3.8, 4) is 0 Å². The lowest BCUT2D eigenvalue weighted by Crippen LogP contribution is -2.19. The molecule has 0 atom stereocenters. The number of para-hydroxylation sites is 1. The molecule has 2 amide bonds. The Morgan fingerprint density at radius 3 is 2.43 bits per heavy atom. The summed E-state index contributed by atoms with van der Waals surface area (Å²) >= 11 is 5.78. The summed E-state index contributed by atoms with van der Waals surface area (Å²) in [4.78, 5) is 29.1. The van der Waals surface area contributed by atoms with Crippen molar-refractivity contribution in [2.45, 2.75) is 13.3 Å². The summed E-state index contributed by atoms with van der Waals surface area (Å²) in [5, 5.41) is 5.68. The van der Waals surface area contributed by atoms with Crippen molar-refractivity contribution in [3.63, 3.8) is 0 Å². The standard InChI is InChI=1S/C21H17ClFN3O2/c1-2-13-7-9-15(17(23)11-13)20(27)25-18-6-4-3-5-16(18)21(28)26-19-10-8-14(22)12-24-19/h3-12H,2H2,1H3,(H,25,27)(H,24,26,28). The van der Waals surface area contributed by atoms with Crippen LogP contribution < -0.4 is 10.6 Å². The van der Waals surface area contributed by atoms with E-state index in [1.165, 1.54) is 18.3 Å². The molecular weight excluding hydrogens is 381 g/mol. The Labute approximate surface area is 166 Å². The number of hydrogen-bond donors (Lipinski definition) is 2. The molecule has 0 radical (unpaired) electrons. The van der Waals surface area contributed by atoms with Gasteiger partial charge in [-0.25, -0.2) is 9.37 Å². The van der Waals surface area contributed by atoms with Gasteiger partial charge in [-0.2, -0.15) is 0 Å². The lowest BCUT2D eigenvalue weighted by Gasteiger charge is -2.12. The number of nitrogens with one attached hydrogen (secondary N) is 2. The number of carbonyl (C=O) groups excluding carboxylic acids is 2. The van der Waals surface area contributed by atoms with E-state index in [9.17, 15) is 14.0 Å². The second-order valence-electron chi connectivity index (χ2n) is 5.98. The average molecular weight is 398 g/mol. The number of halogens is 2. The first kappa shape index (κ1) is 19.5. The fourth-order valence-corrected chi connectivity index (χ4v) is 2.69. The molecule has 1 aromatic heterocycles. The van der Waals surface area contributed by atoms with Gasteiger partial charge in [-0.05, 0) is 48.4 Å². The molecule has 2 aromatic carbocycles. The highest BCUT2D eigenvalue weighted by Crippen LogP contribution is 2.20. The van der Waals surface area contributed by atoms with Gasteiger partial charge in [0.2, 0.25) is 0 Å². The molecular formula is C21H17ClFN3O2. The molecule has 3 rings (SSSR count). The van der Waals surface area contributed by atoms with E-state index in [0.29, 0.717) is 17.3 Å². The van der Waals surface area contributed by atoms with Crippen LogP contribution in [0.15, 0.2) is 60.8 Å². The van der Waals surface area contributed by atoms with Gasteiger partial charge in [-0.3, -0.25) is 9.59 Å². The first-order valence-electron chi connectivity index (χ1n) is 8.59. The molecule has 0 saturated heterocycles. The third-order valence-corrected chi connectivity index (χ3v) is 4.30. The summed E-state index contributed by atoms with van der Waals surface area (Å²) in [7, 11) is 0. The molecule has 0 saturated carbocycles. The van der Waals surface area contributed by atoms with E-state index in [0.717, 1.165) is 5.56 Å². The molecule has 0 aliphatic heterocycles. The summed E-state index contributed by atoms with van der Waals surface area (Å²) in [6.07, 6.45) is 2.08. The third kappa shape index (κ3) is 4.53. The van der Waals surface area contributed by atoms with Gasteiger partial charge in [0, 0.05) is 6.20 Å². The van der Waals surface area contributed by atoms with Crippen molar-refractivity contribution in [1.82, 2.24) is 4.98 Å². The number of hydrogen-bond acceptors (Lipinski definition) is 3. The predicted molar refractivity (Wildman–Crippen MR) is 107 cm³/mol. The SMILES string of the molecule is CCc1ccc(C(=O)Nc2ccccc2C(=O)Nc2ccc(Cl)cn2)c(F)c1. The zero-order valence-corrected chi connectivity index (χ0v) is 15.8. The number of aryl methyl sites for hydroxylation is 1. The summed E-state index contributed by atoms with van der Waals surface area (Å²) in [6, 6.07) is 14.1. The summed E-state index contributed by atoms with van der Waals surface area (Å²) in [6.45, 7) is 1.90. The van der Waals surface area contributed by atoms with Crippen LogP contribution in [0, 0.1) is 5.82 Å². The Hall–Kier alpha value is -3.25. The van der Waals surface area contributed by atoms with Crippen molar-refractivity contribution in [2.75, 3.05) is 10.6 Å². The lowest BCUT2D eigenvalue weighted by atomic mass is 10.1. The molecule has 5 nitrogen and oxygen atoms in total. The molecule has 0 bridgehead atoms. The van der Waals surface area contributed by atoms with Crippen LogP contribution in [0.5, 0.6) is 0 Å². The van der Waals surface area contributed by atoms with Crippen LogP contribution in [0.25, 0.3) is 0 Å². The van der Waals surface area contributed by atoms with E-state index >= 15 is 0 Å². The number of pyridine rings is 1. The number of carbonyl (C=O) groups is 2. The Balaban J connectivity index is 1.81. The zero-order chi connectivity index (χ0) is 20.1. The van der Waals surface area contributed by atoms with Crippen molar-refractivity contribution >= 4 is 34.9 Å². The fraction of sp³-hybridized carbons (Fsp3) is 0.0952. The number of benzene rings is 2. The van der Waals surface area contributed by atoms with Gasteiger partial charge in [-0.15, -0.1) is 0 Å². The molecule has 2 N–H and O–H groups in total. The van der Waals surface area contributed by atoms with Crippen molar-refractivity contribution < 1.29 is 14.0 Å². The maximum absolute atomic E-state index is 14.2. The lowest BCUT2D eigenvalue weighted by molar-refractivity contribution is 0.102. The Morgan fingerprint density at radius 1 is 1.00 bits per heavy atom. The molecule has 1 heterocycles. The summed E-state index contributed by atoms with van der Waals surface area (Å²) in [5.41, 5.74) is 1.19. The van der Waals surface area contributed by atoms with Gasteiger partial charge in [0.05, 0.1) is 21.8 Å². The number of amides is 2. The van der Waals surface area contributed by atoms with Crippen LogP contribution in [0.2, 0.25) is 5.02 Å². The predicted octanol–water partition coefficient (Wildman–Crippen LogP) is 4.94. The van der Waals surface area contributed by atoms with Crippen molar-refractivity contribution in [3.05, 3.63) is 88.3 Å². The second-order valence-corrected chi connectivity index (χ2v) is 6.42. The van der Waals surface area contributed by atoms with Crippen molar-refractivity contribution in [1.29, 1.82) is 0 Å². The molecule has 0 spiro atoms. The van der Waals surface area contributed by atoms with Crippen LogP contribution in [0.4, 0.5) is 15.9 Å². The highest BCUT2D eigenvalue weighted by molar-refractivity contribution is 6.30. The van der Waals surface area contributed by atoms with Crippen LogP contribution in [0.1, 0.15) is 33.2 Å². The molecule has 28 heavy (non-hydrogen) atoms. The normalized spacial score (nSPS) is 10.4. The van der Waals surface area contributed by atoms with Gasteiger partial charge >= 0.3 is 0 Å². The van der Waals surface area contributed by atoms with Crippen molar-refractivity contribution in [2.24, 2.45) is 0 Å². The van der Waals surface area contributed by atoms with Crippen LogP contribution in [-0.4, -0.2) is 16.8 Å².